The van der Waals surface area contributed by atoms with Crippen molar-refractivity contribution in [2.45, 2.75) is 38.8 Å². The number of nitrogens with one attached hydrogen (secondary N) is 2. The highest BCUT2D eigenvalue weighted by atomic mass is 35.5. The minimum absolute atomic E-state index is 0.160. The minimum Gasteiger partial charge on any atom is -0.360 e. The van der Waals surface area contributed by atoms with Crippen LogP contribution in [0.3, 0.4) is 0 Å². The largest absolute Gasteiger partial charge is 0.360 e. The van der Waals surface area contributed by atoms with Gasteiger partial charge in [-0.1, -0.05) is 48.0 Å². The molecule has 0 fully saturated rings. The summed E-state index contributed by atoms with van der Waals surface area (Å²) >= 11 is 12.4. The van der Waals surface area contributed by atoms with Crippen LogP contribution in [0.15, 0.2) is 48.5 Å². The predicted octanol–water partition coefficient (Wildman–Crippen LogP) is 5.61. The second kappa shape index (κ2) is 7.17. The van der Waals surface area contributed by atoms with Crippen molar-refractivity contribution in [3.05, 3.63) is 70.4 Å². The molecule has 5 heteroatoms. The average molecular weight is 398 g/mol. The molecule has 1 aliphatic heterocycles. The molecule has 0 spiro atoms. The molecule has 27 heavy (non-hydrogen) atoms. The first-order valence-electron chi connectivity index (χ1n) is 9.39. The Bertz CT molecular complexity index is 994. The van der Waals surface area contributed by atoms with Crippen molar-refractivity contribution < 1.29 is 0 Å². The Kier molecular flexibility index (Phi) is 4.87. The standard InChI is InChI=1S/C22H24ClN3S/c1-13(2)24-22(27)26-12-17(15-8-4-6-10-18(15)23)20-16-9-5-7-11-19(16)25-21(20)14(26)3/h4-11,13-14,17,25H,12H2,1-3H3,(H,24,27)/t14-,17+/m1/s1. The van der Waals surface area contributed by atoms with E-state index in [1.165, 1.54) is 16.6 Å². The van der Waals surface area contributed by atoms with Crippen molar-refractivity contribution in [2.24, 2.45) is 0 Å². The predicted molar refractivity (Wildman–Crippen MR) is 118 cm³/mol. The Morgan fingerprint density at radius 2 is 1.89 bits per heavy atom. The Labute approximate surface area is 170 Å². The SMILES string of the molecule is CC(C)NC(=S)N1C[C@@H](c2ccccc2Cl)c2c([nH]c3ccccc23)[C@H]1C. The van der Waals surface area contributed by atoms with E-state index in [0.29, 0.717) is 6.04 Å². The molecule has 0 unspecified atom stereocenters. The highest BCUT2D eigenvalue weighted by Gasteiger charge is 2.36. The zero-order chi connectivity index (χ0) is 19.1. The van der Waals surface area contributed by atoms with Gasteiger partial charge in [0.1, 0.15) is 0 Å². The molecule has 0 bridgehead atoms. The summed E-state index contributed by atoms with van der Waals surface area (Å²) in [5.41, 5.74) is 4.88. The molecule has 140 valence electrons. The second-order valence-electron chi connectivity index (χ2n) is 7.50. The van der Waals surface area contributed by atoms with Crippen LogP contribution in [-0.2, 0) is 0 Å². The number of H-pyrrole nitrogens is 1. The fourth-order valence-corrected chi connectivity index (χ4v) is 4.83. The van der Waals surface area contributed by atoms with E-state index >= 15 is 0 Å². The van der Waals surface area contributed by atoms with Crippen LogP contribution in [0.1, 0.15) is 49.6 Å². The number of hydrogen-bond acceptors (Lipinski definition) is 1. The van der Waals surface area contributed by atoms with E-state index in [0.717, 1.165) is 27.8 Å². The number of halogens is 1. The summed E-state index contributed by atoms with van der Waals surface area (Å²) in [6.07, 6.45) is 0. The van der Waals surface area contributed by atoms with Crippen molar-refractivity contribution in [2.75, 3.05) is 6.54 Å². The Hall–Kier alpha value is -2.04. The van der Waals surface area contributed by atoms with Gasteiger partial charge in [-0.25, -0.2) is 0 Å². The van der Waals surface area contributed by atoms with Gasteiger partial charge in [0, 0.05) is 40.1 Å². The van der Waals surface area contributed by atoms with Crippen LogP contribution in [0.4, 0.5) is 0 Å². The Balaban J connectivity index is 1.89. The van der Waals surface area contributed by atoms with Crippen molar-refractivity contribution in [3.63, 3.8) is 0 Å². The van der Waals surface area contributed by atoms with Crippen LogP contribution < -0.4 is 5.32 Å². The molecule has 1 aromatic heterocycles. The van der Waals surface area contributed by atoms with Gasteiger partial charge in [-0.05, 0) is 56.2 Å². The number of aromatic nitrogens is 1. The number of hydrogen-bond donors (Lipinski definition) is 2. The molecule has 0 radical (unpaired) electrons. The zero-order valence-electron chi connectivity index (χ0n) is 15.8. The third-order valence-corrected chi connectivity index (χ3v) is 6.04. The average Bonchev–Trinajstić information content (AvgIpc) is 3.02. The van der Waals surface area contributed by atoms with E-state index in [9.17, 15) is 0 Å². The lowest BCUT2D eigenvalue weighted by Gasteiger charge is -2.40. The lowest BCUT2D eigenvalue weighted by Crippen LogP contribution is -2.48. The number of thiocarbonyl (C=S) groups is 1. The number of fused-ring (bicyclic) bond motifs is 3. The maximum absolute atomic E-state index is 6.61. The fourth-order valence-electron chi connectivity index (χ4n) is 4.09. The first-order chi connectivity index (χ1) is 13.0. The summed E-state index contributed by atoms with van der Waals surface area (Å²) in [5, 5.41) is 6.27. The molecule has 0 saturated heterocycles. The van der Waals surface area contributed by atoms with Crippen molar-refractivity contribution in [1.29, 1.82) is 0 Å². The molecule has 2 atom stereocenters. The van der Waals surface area contributed by atoms with Crippen molar-refractivity contribution >= 4 is 39.8 Å². The minimum atomic E-state index is 0.160. The van der Waals surface area contributed by atoms with E-state index in [1.54, 1.807) is 0 Å². The topological polar surface area (TPSA) is 31.1 Å². The first-order valence-corrected chi connectivity index (χ1v) is 10.2. The fraction of sp³-hybridized carbons (Fsp3) is 0.318. The molecule has 2 heterocycles. The molecule has 0 amide bonds. The lowest BCUT2D eigenvalue weighted by molar-refractivity contribution is 0.292. The second-order valence-corrected chi connectivity index (χ2v) is 8.30. The zero-order valence-corrected chi connectivity index (χ0v) is 17.4. The Morgan fingerprint density at radius 3 is 2.63 bits per heavy atom. The van der Waals surface area contributed by atoms with Gasteiger partial charge >= 0.3 is 0 Å². The molecule has 2 aromatic carbocycles. The number of benzene rings is 2. The molecule has 1 aliphatic rings. The van der Waals surface area contributed by atoms with Crippen molar-refractivity contribution in [1.82, 2.24) is 15.2 Å². The monoisotopic (exact) mass is 397 g/mol. The third-order valence-electron chi connectivity index (χ3n) is 5.34. The molecule has 0 saturated carbocycles. The summed E-state index contributed by atoms with van der Waals surface area (Å²) in [6.45, 7) is 7.24. The van der Waals surface area contributed by atoms with Gasteiger partial charge in [-0.15, -0.1) is 0 Å². The molecular weight excluding hydrogens is 374 g/mol. The van der Waals surface area contributed by atoms with E-state index in [1.807, 2.05) is 12.1 Å². The van der Waals surface area contributed by atoms with Crippen LogP contribution in [-0.4, -0.2) is 27.6 Å². The summed E-state index contributed by atoms with van der Waals surface area (Å²) < 4.78 is 0. The van der Waals surface area contributed by atoms with Crippen LogP contribution in [0.25, 0.3) is 10.9 Å². The summed E-state index contributed by atoms with van der Waals surface area (Å²) in [4.78, 5) is 5.93. The number of aromatic amines is 1. The van der Waals surface area contributed by atoms with Gasteiger partial charge in [0.25, 0.3) is 0 Å². The van der Waals surface area contributed by atoms with Crippen LogP contribution >= 0.6 is 23.8 Å². The number of para-hydroxylation sites is 1. The molecule has 3 aromatic rings. The lowest BCUT2D eigenvalue weighted by atomic mass is 9.84. The normalized spacial score (nSPS) is 19.4. The molecule has 2 N–H and O–H groups in total. The molecule has 3 nitrogen and oxygen atoms in total. The van der Waals surface area contributed by atoms with E-state index in [4.69, 9.17) is 23.8 Å². The quantitative estimate of drug-likeness (QED) is 0.551. The van der Waals surface area contributed by atoms with Crippen LogP contribution in [0.5, 0.6) is 0 Å². The van der Waals surface area contributed by atoms with Crippen LogP contribution in [0, 0.1) is 0 Å². The molecule has 0 aliphatic carbocycles. The van der Waals surface area contributed by atoms with E-state index in [-0.39, 0.29) is 12.0 Å². The molecular formula is C22H24ClN3S. The summed E-state index contributed by atoms with van der Waals surface area (Å²) in [6, 6.07) is 17.1. The van der Waals surface area contributed by atoms with Gasteiger partial charge in [0.2, 0.25) is 0 Å². The van der Waals surface area contributed by atoms with Gasteiger partial charge < -0.3 is 15.2 Å². The van der Waals surface area contributed by atoms with Gasteiger partial charge in [-0.2, -0.15) is 0 Å². The van der Waals surface area contributed by atoms with Crippen molar-refractivity contribution in [3.8, 4) is 0 Å². The van der Waals surface area contributed by atoms with E-state index < -0.39 is 0 Å². The third kappa shape index (κ3) is 3.21. The smallest absolute Gasteiger partial charge is 0.169 e. The van der Waals surface area contributed by atoms with Gasteiger partial charge in [0.05, 0.1) is 6.04 Å². The van der Waals surface area contributed by atoms with Gasteiger partial charge in [-0.3, -0.25) is 0 Å². The van der Waals surface area contributed by atoms with E-state index in [2.05, 4.69) is 72.4 Å². The highest BCUT2D eigenvalue weighted by Crippen LogP contribution is 2.44. The summed E-state index contributed by atoms with van der Waals surface area (Å²) in [5.74, 6) is 0.160. The van der Waals surface area contributed by atoms with Gasteiger partial charge in [0.15, 0.2) is 5.11 Å². The van der Waals surface area contributed by atoms with Crippen LogP contribution in [0.2, 0.25) is 5.02 Å². The molecule has 4 rings (SSSR count). The maximum Gasteiger partial charge on any atom is 0.169 e. The number of rotatable bonds is 2. The maximum atomic E-state index is 6.61. The number of nitrogens with zero attached hydrogens (tertiary/aromatic N) is 1. The first kappa shape index (κ1) is 18.3. The Morgan fingerprint density at radius 1 is 1.19 bits per heavy atom. The highest BCUT2D eigenvalue weighted by molar-refractivity contribution is 7.80. The summed E-state index contributed by atoms with van der Waals surface area (Å²) in [7, 11) is 0.